The molecule has 6 rings (SSSR count). The molecule has 3 heterocycles. The molecule has 0 spiro atoms. The van der Waals surface area contributed by atoms with E-state index in [9.17, 15) is 19.5 Å². The van der Waals surface area contributed by atoms with Crippen LogP contribution in [0.2, 0.25) is 0 Å². The number of halogens is 1. The summed E-state index contributed by atoms with van der Waals surface area (Å²) in [6, 6.07) is 23.9. The van der Waals surface area contributed by atoms with Gasteiger partial charge in [-0.1, -0.05) is 102 Å². The molecule has 0 aliphatic carbocycles. The molecule has 0 bridgehead atoms. The van der Waals surface area contributed by atoms with E-state index in [2.05, 4.69) is 74.2 Å². The summed E-state index contributed by atoms with van der Waals surface area (Å²) in [6.45, 7) is 10.9. The standard InChI is InChI=1S/C44H47FN4O4S/c1-6-8-28(7-2)29-13-15-30(16-14-29)32-17-18-35(36(45)22-32)33-23-46-40(47-24-33)31-11-9-27(10-12-31)21-37(42(51)49-25-34(26-49)43(52)53)48-41(50)38-19-20-39(54-38)44(3,4)5/h9-20,22-24,28,34,37H,6-8,21,25-26H2,1-5H3,(H,48,50)(H,52,53)/t28?,37-/m0/s1. The average molecular weight is 747 g/mol. The van der Waals surface area contributed by atoms with Crippen LogP contribution in [0.3, 0.4) is 0 Å². The van der Waals surface area contributed by atoms with Crippen LogP contribution in [0, 0.1) is 11.7 Å². The minimum Gasteiger partial charge on any atom is -0.481 e. The van der Waals surface area contributed by atoms with Crippen molar-refractivity contribution in [3.8, 4) is 33.6 Å². The first-order valence-corrected chi connectivity index (χ1v) is 19.4. The van der Waals surface area contributed by atoms with E-state index in [1.165, 1.54) is 21.8 Å². The number of likely N-dealkylation sites (tertiary alicyclic amines) is 1. The fourth-order valence-electron chi connectivity index (χ4n) is 6.80. The number of thiophene rings is 1. The minimum absolute atomic E-state index is 0.112. The third kappa shape index (κ3) is 8.76. The van der Waals surface area contributed by atoms with Gasteiger partial charge in [0.25, 0.3) is 5.91 Å². The average Bonchev–Trinajstić information content (AvgIpc) is 3.65. The second-order valence-electron chi connectivity index (χ2n) is 15.1. The van der Waals surface area contributed by atoms with Crippen LogP contribution in [-0.2, 0) is 21.4 Å². The monoisotopic (exact) mass is 746 g/mol. The van der Waals surface area contributed by atoms with Crippen LogP contribution in [0.5, 0.6) is 0 Å². The van der Waals surface area contributed by atoms with Crippen LogP contribution in [-0.4, -0.2) is 56.9 Å². The van der Waals surface area contributed by atoms with Crippen LogP contribution in [0.25, 0.3) is 33.6 Å². The van der Waals surface area contributed by atoms with Gasteiger partial charge in [-0.2, -0.15) is 0 Å². The lowest BCUT2D eigenvalue weighted by atomic mass is 9.90. The van der Waals surface area contributed by atoms with Crippen molar-refractivity contribution < 1.29 is 23.9 Å². The maximum absolute atomic E-state index is 15.4. The van der Waals surface area contributed by atoms with E-state index < -0.39 is 17.9 Å². The first kappa shape index (κ1) is 38.5. The molecule has 1 aliphatic heterocycles. The molecule has 2 aromatic heterocycles. The summed E-state index contributed by atoms with van der Waals surface area (Å²) in [7, 11) is 0. The van der Waals surface area contributed by atoms with Gasteiger partial charge < -0.3 is 15.3 Å². The van der Waals surface area contributed by atoms with Crippen molar-refractivity contribution in [3.05, 3.63) is 118 Å². The van der Waals surface area contributed by atoms with Gasteiger partial charge >= 0.3 is 5.97 Å². The van der Waals surface area contributed by atoms with E-state index in [4.69, 9.17) is 0 Å². The normalized spacial score (nSPS) is 14.3. The summed E-state index contributed by atoms with van der Waals surface area (Å²) in [5.74, 6) is -1.56. The van der Waals surface area contributed by atoms with Crippen LogP contribution in [0.1, 0.15) is 85.5 Å². The maximum Gasteiger partial charge on any atom is 0.310 e. The second kappa shape index (κ2) is 16.4. The van der Waals surface area contributed by atoms with Gasteiger partial charge in [-0.05, 0) is 64.6 Å². The number of carbonyl (C=O) groups excluding carboxylic acids is 2. The van der Waals surface area contributed by atoms with Gasteiger partial charge in [-0.15, -0.1) is 11.3 Å². The molecule has 0 radical (unpaired) electrons. The molecule has 1 saturated heterocycles. The summed E-state index contributed by atoms with van der Waals surface area (Å²) in [5.41, 5.74) is 5.49. The van der Waals surface area contributed by atoms with E-state index in [1.807, 2.05) is 36.4 Å². The topological polar surface area (TPSA) is 112 Å². The number of aliphatic carboxylic acids is 1. The van der Waals surface area contributed by atoms with E-state index in [-0.39, 0.29) is 42.6 Å². The molecule has 2 amide bonds. The predicted octanol–water partition coefficient (Wildman–Crippen LogP) is 9.15. The number of hydrogen-bond donors (Lipinski definition) is 2. The van der Waals surface area contributed by atoms with Gasteiger partial charge in [0.05, 0.1) is 10.8 Å². The Morgan fingerprint density at radius 1 is 0.889 bits per heavy atom. The van der Waals surface area contributed by atoms with E-state index in [0.717, 1.165) is 46.4 Å². The first-order valence-electron chi connectivity index (χ1n) is 18.6. The van der Waals surface area contributed by atoms with Crippen molar-refractivity contribution >= 4 is 29.1 Å². The molecule has 2 atom stereocenters. The second-order valence-corrected chi connectivity index (χ2v) is 16.2. The zero-order valence-corrected chi connectivity index (χ0v) is 32.3. The van der Waals surface area contributed by atoms with Gasteiger partial charge in [0.15, 0.2) is 5.82 Å². The number of nitrogens with one attached hydrogen (secondary N) is 1. The van der Waals surface area contributed by atoms with Gasteiger partial charge in [-0.3, -0.25) is 14.4 Å². The quantitative estimate of drug-likeness (QED) is 0.124. The van der Waals surface area contributed by atoms with E-state index in [0.29, 0.717) is 27.7 Å². The number of rotatable bonds is 13. The number of nitrogens with zero attached hydrogens (tertiary/aromatic N) is 3. The summed E-state index contributed by atoms with van der Waals surface area (Å²) < 4.78 is 15.4. The van der Waals surface area contributed by atoms with Gasteiger partial charge in [-0.25, -0.2) is 14.4 Å². The Bertz CT molecular complexity index is 2100. The van der Waals surface area contributed by atoms with Crippen molar-refractivity contribution in [3.63, 3.8) is 0 Å². The van der Waals surface area contributed by atoms with Crippen LogP contribution >= 0.6 is 11.3 Å². The van der Waals surface area contributed by atoms with Crippen LogP contribution < -0.4 is 5.32 Å². The Hall–Kier alpha value is -5.22. The molecule has 8 nitrogen and oxygen atoms in total. The van der Waals surface area contributed by atoms with Crippen molar-refractivity contribution in [1.82, 2.24) is 20.2 Å². The smallest absolute Gasteiger partial charge is 0.310 e. The molecule has 3 aromatic carbocycles. The Morgan fingerprint density at radius 2 is 1.54 bits per heavy atom. The number of hydrogen-bond acceptors (Lipinski definition) is 6. The number of carbonyl (C=O) groups is 3. The van der Waals surface area contributed by atoms with Crippen molar-refractivity contribution in [2.24, 2.45) is 5.92 Å². The van der Waals surface area contributed by atoms with Crippen molar-refractivity contribution in [2.45, 2.75) is 77.7 Å². The zero-order chi connectivity index (χ0) is 38.6. The number of aromatic nitrogens is 2. The Labute approximate surface area is 320 Å². The number of carboxylic acid groups (broad SMARTS) is 1. The highest BCUT2D eigenvalue weighted by Crippen LogP contribution is 2.32. The van der Waals surface area contributed by atoms with Crippen LogP contribution in [0.4, 0.5) is 4.39 Å². The van der Waals surface area contributed by atoms with Gasteiger partial charge in [0, 0.05) is 53.5 Å². The fourth-order valence-corrected chi connectivity index (χ4v) is 7.77. The maximum atomic E-state index is 15.4. The van der Waals surface area contributed by atoms with Crippen LogP contribution in [0.15, 0.2) is 91.3 Å². The first-order chi connectivity index (χ1) is 25.8. The molecular weight excluding hydrogens is 700 g/mol. The predicted molar refractivity (Wildman–Crippen MR) is 212 cm³/mol. The molecule has 280 valence electrons. The van der Waals surface area contributed by atoms with E-state index in [1.54, 1.807) is 30.6 Å². The summed E-state index contributed by atoms with van der Waals surface area (Å²) in [4.78, 5) is 50.3. The lowest BCUT2D eigenvalue weighted by Crippen LogP contribution is -2.59. The zero-order valence-electron chi connectivity index (χ0n) is 31.4. The highest BCUT2D eigenvalue weighted by atomic mass is 32.1. The van der Waals surface area contributed by atoms with Gasteiger partial charge in [0.1, 0.15) is 11.9 Å². The lowest BCUT2D eigenvalue weighted by molar-refractivity contribution is -0.153. The minimum atomic E-state index is -0.939. The molecular formula is C44H47FN4O4S. The molecule has 1 aliphatic rings. The third-order valence-electron chi connectivity index (χ3n) is 10.1. The number of carboxylic acids is 1. The largest absolute Gasteiger partial charge is 0.481 e. The molecule has 1 fully saturated rings. The Balaban J connectivity index is 1.13. The highest BCUT2D eigenvalue weighted by Gasteiger charge is 2.39. The molecule has 10 heteroatoms. The fraction of sp³-hybridized carbons (Fsp3) is 0.341. The Morgan fingerprint density at radius 3 is 2.11 bits per heavy atom. The summed E-state index contributed by atoms with van der Waals surface area (Å²) in [6.07, 6.45) is 6.83. The summed E-state index contributed by atoms with van der Waals surface area (Å²) >= 11 is 1.39. The molecule has 0 saturated carbocycles. The molecule has 1 unspecified atom stereocenters. The SMILES string of the molecule is CCCC(CC)c1ccc(-c2ccc(-c3cnc(-c4ccc(C[C@H](NC(=O)c5ccc(C(C)(C)C)s5)C(=O)N5CC(C(=O)O)C5)cc4)nc3)c(F)c2)cc1. The highest BCUT2D eigenvalue weighted by molar-refractivity contribution is 7.14. The van der Waals surface area contributed by atoms with Gasteiger partial charge in [0.2, 0.25) is 5.91 Å². The lowest BCUT2D eigenvalue weighted by Gasteiger charge is -2.38. The Kier molecular flexibility index (Phi) is 11.7. The van der Waals surface area contributed by atoms with Crippen molar-refractivity contribution in [1.29, 1.82) is 0 Å². The molecule has 2 N–H and O–H groups in total. The third-order valence-corrected chi connectivity index (χ3v) is 11.7. The number of benzene rings is 3. The van der Waals surface area contributed by atoms with Crippen molar-refractivity contribution in [2.75, 3.05) is 13.1 Å². The molecule has 5 aromatic rings. The van der Waals surface area contributed by atoms with E-state index >= 15 is 4.39 Å². The number of amides is 2. The summed E-state index contributed by atoms with van der Waals surface area (Å²) in [5, 5.41) is 12.2. The molecule has 54 heavy (non-hydrogen) atoms.